The van der Waals surface area contributed by atoms with Crippen LogP contribution in [0.25, 0.3) is 0 Å². The summed E-state index contributed by atoms with van der Waals surface area (Å²) in [7, 11) is -4.38. The van der Waals surface area contributed by atoms with E-state index in [4.69, 9.17) is 9.66 Å². The minimum Gasteiger partial charge on any atom is -0.478 e. The number of aromatic carboxylic acids is 1. The third-order valence-electron chi connectivity index (χ3n) is 1.30. The van der Waals surface area contributed by atoms with Crippen LogP contribution in [-0.2, 0) is 10.1 Å². The van der Waals surface area contributed by atoms with Crippen molar-refractivity contribution in [1.29, 1.82) is 0 Å². The Labute approximate surface area is 74.4 Å². The predicted octanol–water partition coefficient (Wildman–Crippen LogP) is 0.432. The average molecular weight is 201 g/mol. The minimum atomic E-state index is -4.38. The Balaban J connectivity index is 3.29. The molecule has 0 unspecified atom stereocenters. The fourth-order valence-corrected chi connectivity index (χ4v) is 1.22. The zero-order valence-corrected chi connectivity index (χ0v) is 7.08. The van der Waals surface area contributed by atoms with Crippen LogP contribution < -0.4 is 0 Å². The van der Waals surface area contributed by atoms with Crippen molar-refractivity contribution in [2.75, 3.05) is 0 Å². The van der Waals surface area contributed by atoms with Gasteiger partial charge in [0, 0.05) is 6.07 Å². The molecule has 5 nitrogen and oxygen atoms in total. The van der Waals surface area contributed by atoms with E-state index >= 15 is 0 Å². The molecular weight excluding hydrogens is 196 g/mol. The average Bonchev–Trinajstić information content (AvgIpc) is 2.03. The second-order valence-corrected chi connectivity index (χ2v) is 3.61. The first kappa shape index (κ1) is 9.69. The summed E-state index contributed by atoms with van der Waals surface area (Å²) in [5.41, 5.74) is -0.216. The zero-order chi connectivity index (χ0) is 10.1. The van der Waals surface area contributed by atoms with Crippen LogP contribution in [0.2, 0.25) is 0 Å². The van der Waals surface area contributed by atoms with Crippen LogP contribution in [0.1, 0.15) is 10.4 Å². The lowest BCUT2D eigenvalue weighted by Gasteiger charge is -1.97. The molecule has 0 aliphatic carbocycles. The molecule has 0 spiro atoms. The number of hydrogen-bond donors (Lipinski definition) is 2. The van der Waals surface area contributed by atoms with Crippen LogP contribution in [0, 0.1) is 6.07 Å². The van der Waals surface area contributed by atoms with Crippen LogP contribution >= 0.6 is 0 Å². The number of carbonyl (C=O) groups is 1. The van der Waals surface area contributed by atoms with Crippen LogP contribution in [-0.4, -0.2) is 24.0 Å². The molecule has 6 heteroatoms. The fourth-order valence-electron chi connectivity index (χ4n) is 0.727. The molecule has 0 saturated carbocycles. The summed E-state index contributed by atoms with van der Waals surface area (Å²) in [6.07, 6.45) is 0. The second-order valence-electron chi connectivity index (χ2n) is 2.22. The molecule has 0 heterocycles. The van der Waals surface area contributed by atoms with Crippen LogP contribution in [0.5, 0.6) is 0 Å². The summed E-state index contributed by atoms with van der Waals surface area (Å²) in [4.78, 5) is 9.84. The van der Waals surface area contributed by atoms with Crippen molar-refractivity contribution in [3.8, 4) is 0 Å². The molecule has 1 rings (SSSR count). The third kappa shape index (κ3) is 2.27. The molecule has 0 aliphatic heterocycles. The SMILES string of the molecule is O=C(O)c1cc[c]c(S(=O)(=O)O)c1. The molecule has 13 heavy (non-hydrogen) atoms. The molecule has 1 aromatic carbocycles. The standard InChI is InChI=1S/C7H5O5S/c8-7(9)5-2-1-3-6(4-5)13(10,11)12/h1-2,4H,(H,8,9)(H,10,11,12). The van der Waals surface area contributed by atoms with Crippen molar-refractivity contribution < 1.29 is 22.9 Å². The Kier molecular flexibility index (Phi) is 2.35. The topological polar surface area (TPSA) is 91.7 Å². The number of hydrogen-bond acceptors (Lipinski definition) is 3. The van der Waals surface area contributed by atoms with Gasteiger partial charge in [-0.05, 0) is 12.1 Å². The summed E-state index contributed by atoms with van der Waals surface area (Å²) < 4.78 is 29.6. The summed E-state index contributed by atoms with van der Waals surface area (Å²) in [5.74, 6) is -1.26. The maximum Gasteiger partial charge on any atom is 0.335 e. The van der Waals surface area contributed by atoms with Crippen LogP contribution in [0.4, 0.5) is 0 Å². The van der Waals surface area contributed by atoms with Gasteiger partial charge in [-0.1, -0.05) is 6.07 Å². The Hall–Kier alpha value is -1.40. The predicted molar refractivity (Wildman–Crippen MR) is 42.1 cm³/mol. The van der Waals surface area contributed by atoms with E-state index in [1.807, 2.05) is 0 Å². The highest BCUT2D eigenvalue weighted by Crippen LogP contribution is 2.09. The molecule has 0 amide bonds. The van der Waals surface area contributed by atoms with E-state index in [0.717, 1.165) is 12.1 Å². The smallest absolute Gasteiger partial charge is 0.335 e. The highest BCUT2D eigenvalue weighted by Gasteiger charge is 2.12. The van der Waals surface area contributed by atoms with Crippen LogP contribution in [0.3, 0.4) is 0 Å². The number of carboxylic acid groups (broad SMARTS) is 1. The van der Waals surface area contributed by atoms with E-state index in [9.17, 15) is 13.2 Å². The molecule has 0 aromatic heterocycles. The number of benzene rings is 1. The molecule has 0 bridgehead atoms. The molecule has 0 aliphatic rings. The molecule has 2 N–H and O–H groups in total. The Bertz CT molecular complexity index is 434. The first-order valence-electron chi connectivity index (χ1n) is 3.14. The van der Waals surface area contributed by atoms with Crippen molar-refractivity contribution in [2.45, 2.75) is 4.90 Å². The van der Waals surface area contributed by atoms with Gasteiger partial charge in [-0.25, -0.2) is 4.79 Å². The molecular formula is C7H5O5S. The van der Waals surface area contributed by atoms with Gasteiger partial charge in [0.15, 0.2) is 0 Å². The van der Waals surface area contributed by atoms with Crippen molar-refractivity contribution in [1.82, 2.24) is 0 Å². The van der Waals surface area contributed by atoms with Crippen LogP contribution in [0.15, 0.2) is 23.1 Å². The normalized spacial score (nSPS) is 11.2. The Morgan fingerprint density at radius 1 is 1.46 bits per heavy atom. The molecule has 69 valence electrons. The quantitative estimate of drug-likeness (QED) is 0.677. The van der Waals surface area contributed by atoms with E-state index in [0.29, 0.717) is 0 Å². The lowest BCUT2D eigenvalue weighted by molar-refractivity contribution is 0.0696. The monoisotopic (exact) mass is 201 g/mol. The first-order valence-corrected chi connectivity index (χ1v) is 4.58. The van der Waals surface area contributed by atoms with E-state index in [2.05, 4.69) is 6.07 Å². The Morgan fingerprint density at radius 3 is 2.54 bits per heavy atom. The summed E-state index contributed by atoms with van der Waals surface area (Å²) >= 11 is 0. The van der Waals surface area contributed by atoms with Gasteiger partial charge in [-0.15, -0.1) is 0 Å². The van der Waals surface area contributed by atoms with E-state index in [1.165, 1.54) is 6.07 Å². The molecule has 0 saturated heterocycles. The second kappa shape index (κ2) is 3.15. The largest absolute Gasteiger partial charge is 0.478 e. The molecule has 0 fully saturated rings. The van der Waals surface area contributed by atoms with Crippen molar-refractivity contribution in [3.05, 3.63) is 29.8 Å². The lowest BCUT2D eigenvalue weighted by Crippen LogP contribution is -2.02. The van der Waals surface area contributed by atoms with Crippen molar-refractivity contribution in [2.24, 2.45) is 0 Å². The van der Waals surface area contributed by atoms with Gasteiger partial charge in [0.1, 0.15) is 4.90 Å². The van der Waals surface area contributed by atoms with Crippen molar-refractivity contribution in [3.63, 3.8) is 0 Å². The zero-order valence-electron chi connectivity index (χ0n) is 6.26. The third-order valence-corrected chi connectivity index (χ3v) is 2.09. The molecule has 0 atom stereocenters. The summed E-state index contributed by atoms with van der Waals surface area (Å²) in [6.45, 7) is 0. The van der Waals surface area contributed by atoms with E-state index in [-0.39, 0.29) is 5.56 Å². The first-order chi connectivity index (χ1) is 5.91. The summed E-state index contributed by atoms with van der Waals surface area (Å²) in [5, 5.41) is 8.48. The molecule has 1 aromatic rings. The van der Waals surface area contributed by atoms with E-state index < -0.39 is 21.0 Å². The number of carboxylic acids is 1. The van der Waals surface area contributed by atoms with Gasteiger partial charge >= 0.3 is 5.97 Å². The minimum absolute atomic E-state index is 0.216. The highest BCUT2D eigenvalue weighted by atomic mass is 32.2. The lowest BCUT2D eigenvalue weighted by atomic mass is 10.2. The fraction of sp³-hybridized carbons (Fsp3) is 0. The van der Waals surface area contributed by atoms with Crippen molar-refractivity contribution >= 4 is 16.1 Å². The van der Waals surface area contributed by atoms with Gasteiger partial charge in [-0.2, -0.15) is 8.42 Å². The number of rotatable bonds is 2. The molecule has 1 radical (unpaired) electrons. The summed E-state index contributed by atoms with van der Waals surface area (Å²) in [6, 6.07) is 5.33. The van der Waals surface area contributed by atoms with Gasteiger partial charge in [-0.3, -0.25) is 4.55 Å². The maximum absolute atomic E-state index is 10.5. The van der Waals surface area contributed by atoms with Gasteiger partial charge in [0.05, 0.1) is 5.56 Å². The van der Waals surface area contributed by atoms with E-state index in [1.54, 1.807) is 0 Å². The maximum atomic E-state index is 10.5. The Morgan fingerprint density at radius 2 is 2.08 bits per heavy atom. The highest BCUT2D eigenvalue weighted by molar-refractivity contribution is 7.85. The van der Waals surface area contributed by atoms with Gasteiger partial charge in [0.25, 0.3) is 10.1 Å². The van der Waals surface area contributed by atoms with Gasteiger partial charge < -0.3 is 5.11 Å². The van der Waals surface area contributed by atoms with Gasteiger partial charge in [0.2, 0.25) is 0 Å².